The molecule has 1 aromatic rings. The van der Waals surface area contributed by atoms with Gasteiger partial charge in [-0.3, -0.25) is 4.79 Å². The number of nitrogens with one attached hydrogen (secondary N) is 1. The normalized spacial score (nSPS) is 14.9. The van der Waals surface area contributed by atoms with Crippen molar-refractivity contribution in [1.82, 2.24) is 10.2 Å². The van der Waals surface area contributed by atoms with E-state index >= 15 is 0 Å². The van der Waals surface area contributed by atoms with E-state index in [1.54, 1.807) is 25.3 Å². The van der Waals surface area contributed by atoms with Gasteiger partial charge in [0.2, 0.25) is 0 Å². The summed E-state index contributed by atoms with van der Waals surface area (Å²) in [6.07, 6.45) is 3.27. The average molecular weight is 391 g/mol. The topological polar surface area (TPSA) is 50.8 Å². The third kappa shape index (κ3) is 6.66. The SMILES string of the molecule is CNCCC1CCN(C(=O)c2cc(Cl)ccc2OCCOC)CC1.Cl. The Kier molecular flexibility index (Phi) is 10.2. The van der Waals surface area contributed by atoms with Crippen LogP contribution in [-0.2, 0) is 4.74 Å². The number of halogens is 2. The number of hydrogen-bond donors (Lipinski definition) is 1. The molecular formula is C18H28Cl2N2O3. The Morgan fingerprint density at radius 3 is 2.68 bits per heavy atom. The largest absolute Gasteiger partial charge is 0.490 e. The van der Waals surface area contributed by atoms with Gasteiger partial charge in [0.15, 0.2) is 0 Å². The first kappa shape index (κ1) is 22.0. The van der Waals surface area contributed by atoms with Crippen LogP contribution in [0.2, 0.25) is 5.02 Å². The number of likely N-dealkylation sites (tertiary alicyclic amines) is 1. The van der Waals surface area contributed by atoms with Crippen LogP contribution in [0.4, 0.5) is 0 Å². The highest BCUT2D eigenvalue weighted by atomic mass is 35.5. The molecule has 1 aliphatic heterocycles. The van der Waals surface area contributed by atoms with E-state index < -0.39 is 0 Å². The molecule has 25 heavy (non-hydrogen) atoms. The lowest BCUT2D eigenvalue weighted by atomic mass is 9.93. The summed E-state index contributed by atoms with van der Waals surface area (Å²) in [7, 11) is 3.60. The maximum absolute atomic E-state index is 12.9. The zero-order valence-electron chi connectivity index (χ0n) is 14.9. The lowest BCUT2D eigenvalue weighted by Gasteiger charge is -2.32. The summed E-state index contributed by atoms with van der Waals surface area (Å²) in [6, 6.07) is 5.19. The molecule has 142 valence electrons. The van der Waals surface area contributed by atoms with Gasteiger partial charge in [-0.2, -0.15) is 0 Å². The smallest absolute Gasteiger partial charge is 0.257 e. The Morgan fingerprint density at radius 1 is 1.32 bits per heavy atom. The predicted molar refractivity (Wildman–Crippen MR) is 103 cm³/mol. The Balaban J connectivity index is 0.00000312. The van der Waals surface area contributed by atoms with E-state index in [4.69, 9.17) is 21.1 Å². The summed E-state index contributed by atoms with van der Waals surface area (Å²) < 4.78 is 10.7. The number of amides is 1. The standard InChI is InChI=1S/C18H27ClN2O3.ClH/c1-20-8-5-14-6-9-21(10-7-14)18(22)16-13-15(19)3-4-17(16)24-12-11-23-2;/h3-4,13-14,20H,5-12H2,1-2H3;1H. The van der Waals surface area contributed by atoms with E-state index in [0.717, 1.165) is 32.5 Å². The van der Waals surface area contributed by atoms with Gasteiger partial charge in [-0.05, 0) is 57.0 Å². The Morgan fingerprint density at radius 2 is 2.04 bits per heavy atom. The molecule has 0 atom stereocenters. The van der Waals surface area contributed by atoms with Crippen molar-refractivity contribution in [2.75, 3.05) is 47.0 Å². The van der Waals surface area contributed by atoms with Gasteiger partial charge in [0, 0.05) is 25.2 Å². The highest BCUT2D eigenvalue weighted by Gasteiger charge is 2.25. The molecule has 0 bridgehead atoms. The van der Waals surface area contributed by atoms with Crippen molar-refractivity contribution in [3.8, 4) is 5.75 Å². The molecule has 1 saturated heterocycles. The highest BCUT2D eigenvalue weighted by Crippen LogP contribution is 2.27. The van der Waals surface area contributed by atoms with Gasteiger partial charge in [-0.15, -0.1) is 12.4 Å². The lowest BCUT2D eigenvalue weighted by molar-refractivity contribution is 0.0680. The van der Waals surface area contributed by atoms with Crippen molar-refractivity contribution >= 4 is 29.9 Å². The Hall–Kier alpha value is -1.01. The molecule has 1 N–H and O–H groups in total. The zero-order valence-corrected chi connectivity index (χ0v) is 16.5. The molecule has 1 amide bonds. The fourth-order valence-electron chi connectivity index (χ4n) is 2.97. The van der Waals surface area contributed by atoms with Crippen LogP contribution in [0.5, 0.6) is 5.75 Å². The van der Waals surface area contributed by atoms with Crippen LogP contribution in [0, 0.1) is 5.92 Å². The van der Waals surface area contributed by atoms with Gasteiger partial charge in [0.05, 0.1) is 12.2 Å². The van der Waals surface area contributed by atoms with Crippen LogP contribution in [0.1, 0.15) is 29.6 Å². The molecular weight excluding hydrogens is 363 g/mol. The minimum atomic E-state index is -0.00279. The van der Waals surface area contributed by atoms with Crippen molar-refractivity contribution in [2.24, 2.45) is 5.92 Å². The number of benzene rings is 1. The second kappa shape index (κ2) is 11.6. The van der Waals surface area contributed by atoms with Crippen LogP contribution in [0.3, 0.4) is 0 Å². The Bertz CT molecular complexity index is 535. The molecule has 5 nitrogen and oxygen atoms in total. The van der Waals surface area contributed by atoms with E-state index in [9.17, 15) is 4.79 Å². The molecule has 1 aromatic carbocycles. The number of methoxy groups -OCH3 is 1. The second-order valence-corrected chi connectivity index (χ2v) is 6.55. The summed E-state index contributed by atoms with van der Waals surface area (Å²) in [5.41, 5.74) is 0.535. The number of carbonyl (C=O) groups excluding carboxylic acids is 1. The van der Waals surface area contributed by atoms with Crippen LogP contribution in [0.15, 0.2) is 18.2 Å². The maximum atomic E-state index is 12.9. The van der Waals surface area contributed by atoms with Crippen molar-refractivity contribution in [3.05, 3.63) is 28.8 Å². The van der Waals surface area contributed by atoms with E-state index in [1.165, 1.54) is 6.42 Å². The first-order valence-corrected chi connectivity index (χ1v) is 8.88. The van der Waals surface area contributed by atoms with Crippen LogP contribution in [0.25, 0.3) is 0 Å². The van der Waals surface area contributed by atoms with Crippen molar-refractivity contribution in [3.63, 3.8) is 0 Å². The zero-order chi connectivity index (χ0) is 17.4. The average Bonchev–Trinajstić information content (AvgIpc) is 2.61. The van der Waals surface area contributed by atoms with Gasteiger partial charge in [-0.25, -0.2) is 0 Å². The van der Waals surface area contributed by atoms with Gasteiger partial charge in [-0.1, -0.05) is 11.6 Å². The molecule has 1 heterocycles. The van der Waals surface area contributed by atoms with Gasteiger partial charge >= 0.3 is 0 Å². The first-order valence-electron chi connectivity index (χ1n) is 8.51. The molecule has 2 rings (SSSR count). The van der Waals surface area contributed by atoms with E-state index in [1.807, 2.05) is 11.9 Å². The quantitative estimate of drug-likeness (QED) is 0.692. The van der Waals surface area contributed by atoms with Gasteiger partial charge in [0.25, 0.3) is 5.91 Å². The third-order valence-electron chi connectivity index (χ3n) is 4.42. The maximum Gasteiger partial charge on any atom is 0.257 e. The molecule has 0 unspecified atom stereocenters. The molecule has 1 fully saturated rings. The van der Waals surface area contributed by atoms with Crippen LogP contribution in [-0.4, -0.2) is 57.8 Å². The summed E-state index contributed by atoms with van der Waals surface area (Å²) in [4.78, 5) is 14.8. The summed E-state index contributed by atoms with van der Waals surface area (Å²) >= 11 is 6.08. The number of hydrogen-bond acceptors (Lipinski definition) is 4. The van der Waals surface area contributed by atoms with Crippen LogP contribution >= 0.6 is 24.0 Å². The molecule has 7 heteroatoms. The molecule has 0 radical (unpaired) electrons. The number of carbonyl (C=O) groups is 1. The minimum absolute atomic E-state index is 0. The second-order valence-electron chi connectivity index (χ2n) is 6.11. The van der Waals surface area contributed by atoms with Crippen molar-refractivity contribution in [1.29, 1.82) is 0 Å². The summed E-state index contributed by atoms with van der Waals surface area (Å²) in [6.45, 7) is 3.50. The fraction of sp³-hybridized carbons (Fsp3) is 0.611. The molecule has 0 aliphatic carbocycles. The predicted octanol–water partition coefficient (Wildman–Crippen LogP) is 3.25. The van der Waals surface area contributed by atoms with Crippen molar-refractivity contribution in [2.45, 2.75) is 19.3 Å². The summed E-state index contributed by atoms with van der Waals surface area (Å²) in [5.74, 6) is 1.26. The fourth-order valence-corrected chi connectivity index (χ4v) is 3.15. The number of nitrogens with zero attached hydrogens (tertiary/aromatic N) is 1. The summed E-state index contributed by atoms with van der Waals surface area (Å²) in [5, 5.41) is 3.73. The third-order valence-corrected chi connectivity index (χ3v) is 4.66. The van der Waals surface area contributed by atoms with E-state index in [0.29, 0.717) is 35.5 Å². The first-order chi connectivity index (χ1) is 11.7. The van der Waals surface area contributed by atoms with Gasteiger partial charge < -0.3 is 19.7 Å². The van der Waals surface area contributed by atoms with Crippen molar-refractivity contribution < 1.29 is 14.3 Å². The minimum Gasteiger partial charge on any atom is -0.490 e. The van der Waals surface area contributed by atoms with E-state index in [2.05, 4.69) is 5.32 Å². The lowest BCUT2D eigenvalue weighted by Crippen LogP contribution is -2.39. The number of rotatable bonds is 8. The molecule has 0 saturated carbocycles. The molecule has 0 aromatic heterocycles. The molecule has 0 spiro atoms. The van der Waals surface area contributed by atoms with Crippen LogP contribution < -0.4 is 10.1 Å². The molecule has 1 aliphatic rings. The van der Waals surface area contributed by atoms with E-state index in [-0.39, 0.29) is 18.3 Å². The number of ether oxygens (including phenoxy) is 2. The highest BCUT2D eigenvalue weighted by molar-refractivity contribution is 6.31. The number of piperidine rings is 1. The monoisotopic (exact) mass is 390 g/mol. The van der Waals surface area contributed by atoms with Gasteiger partial charge in [0.1, 0.15) is 12.4 Å². The Labute approximate surface area is 161 Å².